The maximum atomic E-state index is 14.0. The van der Waals surface area contributed by atoms with Gasteiger partial charge in [0.05, 0.1) is 17.7 Å². The first-order chi connectivity index (χ1) is 11.5. The van der Waals surface area contributed by atoms with Crippen molar-refractivity contribution >= 4 is 61.9 Å². The average Bonchev–Trinajstić information content (AvgIpc) is 2.84. The van der Waals surface area contributed by atoms with Crippen molar-refractivity contribution in [1.29, 1.82) is 0 Å². The van der Waals surface area contributed by atoms with E-state index in [4.69, 9.17) is 17.0 Å². The number of thiocarbonyl (C=S) groups is 1. The van der Waals surface area contributed by atoms with E-state index in [1.165, 1.54) is 24.2 Å². The molecule has 0 saturated carbocycles. The molecule has 1 heterocycles. The number of ether oxygens (including phenoxy) is 1. The van der Waals surface area contributed by atoms with Gasteiger partial charge in [0.2, 0.25) is 0 Å². The zero-order valence-corrected chi connectivity index (χ0v) is 15.7. The number of nitrogens with zero attached hydrogens (tertiary/aromatic N) is 1. The Kier molecular flexibility index (Phi) is 5.03. The summed E-state index contributed by atoms with van der Waals surface area (Å²) in [4.78, 5) is 14.5. The summed E-state index contributed by atoms with van der Waals surface area (Å²) in [6.45, 7) is 0. The van der Waals surface area contributed by atoms with Crippen LogP contribution in [0.4, 0.5) is 10.1 Å². The molecule has 1 aliphatic rings. The highest BCUT2D eigenvalue weighted by Gasteiger charge is 2.34. The Morgan fingerprint density at radius 3 is 2.75 bits per heavy atom. The second-order valence-electron chi connectivity index (χ2n) is 4.85. The van der Waals surface area contributed by atoms with E-state index in [-0.39, 0.29) is 5.91 Å². The van der Waals surface area contributed by atoms with E-state index >= 15 is 0 Å². The van der Waals surface area contributed by atoms with Crippen molar-refractivity contribution in [2.75, 3.05) is 12.0 Å². The number of carbonyl (C=O) groups excluding carboxylic acids is 1. The Morgan fingerprint density at radius 2 is 2.04 bits per heavy atom. The second kappa shape index (κ2) is 7.04. The summed E-state index contributed by atoms with van der Waals surface area (Å²) in [6, 6.07) is 11.8. The third-order valence-corrected chi connectivity index (χ3v) is 5.16. The van der Waals surface area contributed by atoms with Crippen LogP contribution in [0.15, 0.2) is 51.8 Å². The number of thioether (sulfide) groups is 1. The molecule has 1 fully saturated rings. The molecular weight excluding hydrogens is 413 g/mol. The average molecular weight is 424 g/mol. The SMILES string of the molecule is COc1ccccc1N1C(=O)/C(=C\c2ccc(Br)cc2F)SC1=S. The van der Waals surface area contributed by atoms with Gasteiger partial charge in [0.1, 0.15) is 11.6 Å². The molecule has 0 spiro atoms. The molecule has 1 saturated heterocycles. The minimum Gasteiger partial charge on any atom is -0.495 e. The Labute approximate surface area is 156 Å². The predicted octanol–water partition coefficient (Wildman–Crippen LogP) is 5.00. The first kappa shape index (κ1) is 17.1. The number of hydrogen-bond acceptors (Lipinski definition) is 4. The third kappa shape index (κ3) is 3.24. The van der Waals surface area contributed by atoms with Gasteiger partial charge in [-0.25, -0.2) is 4.39 Å². The van der Waals surface area contributed by atoms with E-state index in [2.05, 4.69) is 15.9 Å². The van der Waals surface area contributed by atoms with Gasteiger partial charge in [0, 0.05) is 10.0 Å². The zero-order chi connectivity index (χ0) is 17.3. The van der Waals surface area contributed by atoms with Gasteiger partial charge in [-0.15, -0.1) is 0 Å². The van der Waals surface area contributed by atoms with Crippen LogP contribution < -0.4 is 9.64 Å². The molecule has 1 amide bonds. The fraction of sp³-hybridized carbons (Fsp3) is 0.0588. The molecule has 0 atom stereocenters. The standard InChI is InChI=1S/C17H11BrFNO2S2/c1-22-14-5-3-2-4-13(14)20-16(21)15(24-17(20)23)8-10-6-7-11(18)9-12(10)19/h2-9H,1H3/b15-8+. The number of rotatable bonds is 3. The largest absolute Gasteiger partial charge is 0.495 e. The fourth-order valence-corrected chi connectivity index (χ4v) is 3.86. The number of anilines is 1. The molecule has 2 aromatic rings. The van der Waals surface area contributed by atoms with Crippen LogP contribution in [-0.4, -0.2) is 17.3 Å². The maximum absolute atomic E-state index is 14.0. The van der Waals surface area contributed by atoms with Crippen molar-refractivity contribution in [3.8, 4) is 5.75 Å². The Balaban J connectivity index is 1.99. The summed E-state index contributed by atoms with van der Waals surface area (Å²) in [5.41, 5.74) is 0.904. The molecule has 1 aliphatic heterocycles. The van der Waals surface area contributed by atoms with Crippen LogP contribution in [0.25, 0.3) is 6.08 Å². The van der Waals surface area contributed by atoms with E-state index in [0.717, 1.165) is 11.8 Å². The summed E-state index contributed by atoms with van der Waals surface area (Å²) in [5.74, 6) is -0.159. The van der Waals surface area contributed by atoms with E-state index in [9.17, 15) is 9.18 Å². The predicted molar refractivity (Wildman–Crippen MR) is 103 cm³/mol. The van der Waals surface area contributed by atoms with Crippen LogP contribution >= 0.6 is 39.9 Å². The summed E-state index contributed by atoms with van der Waals surface area (Å²) in [6.07, 6.45) is 1.51. The number of benzene rings is 2. The molecule has 2 aromatic carbocycles. The summed E-state index contributed by atoms with van der Waals surface area (Å²) >= 11 is 9.67. The second-order valence-corrected chi connectivity index (χ2v) is 7.45. The van der Waals surface area contributed by atoms with Crippen molar-refractivity contribution in [3.63, 3.8) is 0 Å². The van der Waals surface area contributed by atoms with E-state index < -0.39 is 5.82 Å². The lowest BCUT2D eigenvalue weighted by atomic mass is 10.2. The Morgan fingerprint density at radius 1 is 1.29 bits per heavy atom. The molecule has 0 radical (unpaired) electrons. The number of hydrogen-bond donors (Lipinski definition) is 0. The number of carbonyl (C=O) groups is 1. The molecule has 3 nitrogen and oxygen atoms in total. The van der Waals surface area contributed by atoms with Crippen molar-refractivity contribution in [1.82, 2.24) is 0 Å². The molecular formula is C17H11BrFNO2S2. The van der Waals surface area contributed by atoms with E-state index in [0.29, 0.717) is 30.7 Å². The Hall–Kier alpha value is -1.70. The van der Waals surface area contributed by atoms with Gasteiger partial charge < -0.3 is 4.74 Å². The molecule has 0 aliphatic carbocycles. The fourth-order valence-electron chi connectivity index (χ4n) is 2.25. The highest BCUT2D eigenvalue weighted by Crippen LogP contribution is 2.39. The highest BCUT2D eigenvalue weighted by molar-refractivity contribution is 9.10. The molecule has 0 bridgehead atoms. The van der Waals surface area contributed by atoms with Gasteiger partial charge in [-0.1, -0.05) is 58.1 Å². The molecule has 0 aromatic heterocycles. The number of para-hydroxylation sites is 2. The van der Waals surface area contributed by atoms with Crippen molar-refractivity contribution in [2.24, 2.45) is 0 Å². The first-order valence-corrected chi connectivity index (χ1v) is 8.89. The van der Waals surface area contributed by atoms with Crippen LogP contribution in [0.5, 0.6) is 5.75 Å². The molecule has 0 N–H and O–H groups in total. The van der Waals surface area contributed by atoms with Crippen LogP contribution in [0.2, 0.25) is 0 Å². The first-order valence-electron chi connectivity index (χ1n) is 6.87. The minimum absolute atomic E-state index is 0.295. The van der Waals surface area contributed by atoms with Crippen molar-refractivity contribution < 1.29 is 13.9 Å². The van der Waals surface area contributed by atoms with Crippen molar-refractivity contribution in [2.45, 2.75) is 0 Å². The molecule has 122 valence electrons. The number of methoxy groups -OCH3 is 1. The zero-order valence-electron chi connectivity index (χ0n) is 12.5. The lowest BCUT2D eigenvalue weighted by Crippen LogP contribution is -2.27. The quantitative estimate of drug-likeness (QED) is 0.512. The van der Waals surface area contributed by atoms with Gasteiger partial charge in [0.15, 0.2) is 4.32 Å². The van der Waals surface area contributed by atoms with E-state index in [1.807, 2.05) is 6.07 Å². The minimum atomic E-state index is -0.410. The maximum Gasteiger partial charge on any atom is 0.270 e. The van der Waals surface area contributed by atoms with Crippen LogP contribution in [0.3, 0.4) is 0 Å². The molecule has 24 heavy (non-hydrogen) atoms. The lowest BCUT2D eigenvalue weighted by molar-refractivity contribution is -0.113. The van der Waals surface area contributed by atoms with Gasteiger partial charge >= 0.3 is 0 Å². The Bertz CT molecular complexity index is 869. The van der Waals surface area contributed by atoms with Crippen LogP contribution in [0, 0.1) is 5.82 Å². The van der Waals surface area contributed by atoms with Gasteiger partial charge in [-0.2, -0.15) is 0 Å². The van der Waals surface area contributed by atoms with Gasteiger partial charge in [0.25, 0.3) is 5.91 Å². The molecule has 0 unspecified atom stereocenters. The van der Waals surface area contributed by atoms with Gasteiger partial charge in [-0.05, 0) is 30.3 Å². The summed E-state index contributed by atoms with van der Waals surface area (Å²) < 4.78 is 20.3. The summed E-state index contributed by atoms with van der Waals surface area (Å²) in [7, 11) is 1.53. The molecule has 3 rings (SSSR count). The lowest BCUT2D eigenvalue weighted by Gasteiger charge is -2.17. The van der Waals surface area contributed by atoms with E-state index in [1.54, 1.807) is 30.3 Å². The number of halogens is 2. The third-order valence-electron chi connectivity index (χ3n) is 3.37. The highest BCUT2D eigenvalue weighted by atomic mass is 79.9. The van der Waals surface area contributed by atoms with Gasteiger partial charge in [-0.3, -0.25) is 9.69 Å². The number of amides is 1. The molecule has 7 heteroatoms. The smallest absolute Gasteiger partial charge is 0.270 e. The normalized spacial score (nSPS) is 16.1. The van der Waals surface area contributed by atoms with Crippen LogP contribution in [-0.2, 0) is 4.79 Å². The summed E-state index contributed by atoms with van der Waals surface area (Å²) in [5, 5.41) is 0. The topological polar surface area (TPSA) is 29.5 Å². The van der Waals surface area contributed by atoms with Crippen LogP contribution in [0.1, 0.15) is 5.56 Å². The monoisotopic (exact) mass is 423 g/mol. The van der Waals surface area contributed by atoms with Crippen molar-refractivity contribution in [3.05, 3.63) is 63.2 Å².